The minimum absolute atomic E-state index is 0.102. The molecule has 0 atom stereocenters. The second-order valence-electron chi connectivity index (χ2n) is 5.55. The van der Waals surface area contributed by atoms with Gasteiger partial charge in [0.2, 0.25) is 0 Å². The zero-order valence-corrected chi connectivity index (χ0v) is 16.7. The van der Waals surface area contributed by atoms with Gasteiger partial charge in [-0.1, -0.05) is 30.1 Å². The lowest BCUT2D eigenvalue weighted by Crippen LogP contribution is -2.02. The van der Waals surface area contributed by atoms with Crippen molar-refractivity contribution in [3.63, 3.8) is 0 Å². The lowest BCUT2D eigenvalue weighted by molar-refractivity contribution is 0.200. The van der Waals surface area contributed by atoms with Crippen LogP contribution in [0.5, 0.6) is 0 Å². The van der Waals surface area contributed by atoms with Crippen LogP contribution in [0.1, 0.15) is 23.7 Å². The zero-order chi connectivity index (χ0) is 19.4. The average Bonchev–Trinajstić information content (AvgIpc) is 2.88. The standard InChI is InChI=1S/C18H20Cl2FN3O2/c1-6-15-16(21)17(22-24(15)3)12-8-11(13(19)7-10(12)2)9-14(20)18(25-4)23-26-5/h7-9H,6H2,1-5H3/b14-9+,23-18+. The molecule has 0 amide bonds. The molecular formula is C18H20Cl2FN3O2. The van der Waals surface area contributed by atoms with Crippen LogP contribution in [0.2, 0.25) is 5.02 Å². The number of aromatic nitrogens is 2. The Morgan fingerprint density at radius 1 is 1.38 bits per heavy atom. The van der Waals surface area contributed by atoms with E-state index in [0.29, 0.717) is 28.3 Å². The molecule has 2 aromatic rings. The van der Waals surface area contributed by atoms with Gasteiger partial charge in [0, 0.05) is 17.6 Å². The van der Waals surface area contributed by atoms with Crippen molar-refractivity contribution in [2.24, 2.45) is 12.2 Å². The molecule has 26 heavy (non-hydrogen) atoms. The highest BCUT2D eigenvalue weighted by atomic mass is 35.5. The van der Waals surface area contributed by atoms with Crippen molar-refractivity contribution in [2.75, 3.05) is 14.2 Å². The predicted octanol–water partition coefficient (Wildman–Crippen LogP) is 4.94. The van der Waals surface area contributed by atoms with Crippen molar-refractivity contribution >= 4 is 35.2 Å². The summed E-state index contributed by atoms with van der Waals surface area (Å²) in [5.41, 5.74) is 2.85. The van der Waals surface area contributed by atoms with Crippen LogP contribution >= 0.6 is 23.2 Å². The summed E-state index contributed by atoms with van der Waals surface area (Å²) in [6.07, 6.45) is 2.13. The lowest BCUT2D eigenvalue weighted by Gasteiger charge is -2.09. The quantitative estimate of drug-likeness (QED) is 0.406. The molecule has 0 aliphatic rings. The summed E-state index contributed by atoms with van der Waals surface area (Å²) in [4.78, 5) is 4.68. The van der Waals surface area contributed by atoms with Crippen LogP contribution in [0.15, 0.2) is 22.3 Å². The Balaban J connectivity index is 2.59. The van der Waals surface area contributed by atoms with E-state index >= 15 is 0 Å². The predicted molar refractivity (Wildman–Crippen MR) is 103 cm³/mol. The number of halogens is 3. The number of oxime groups is 1. The van der Waals surface area contributed by atoms with Gasteiger partial charge in [0.05, 0.1) is 12.8 Å². The van der Waals surface area contributed by atoms with E-state index in [0.717, 1.165) is 5.56 Å². The van der Waals surface area contributed by atoms with Gasteiger partial charge in [0.15, 0.2) is 5.82 Å². The Bertz CT molecular complexity index is 876. The molecule has 1 heterocycles. The molecule has 1 aromatic heterocycles. The van der Waals surface area contributed by atoms with Crippen molar-refractivity contribution in [2.45, 2.75) is 20.3 Å². The van der Waals surface area contributed by atoms with Crippen molar-refractivity contribution in [3.8, 4) is 11.3 Å². The van der Waals surface area contributed by atoms with Crippen molar-refractivity contribution in [3.05, 3.63) is 44.8 Å². The number of hydrogen-bond acceptors (Lipinski definition) is 4. The van der Waals surface area contributed by atoms with E-state index in [1.807, 2.05) is 13.8 Å². The van der Waals surface area contributed by atoms with Gasteiger partial charge in [0.25, 0.3) is 5.90 Å². The first-order valence-electron chi connectivity index (χ1n) is 7.88. The molecule has 0 aliphatic heterocycles. The molecule has 0 spiro atoms. The molecule has 0 N–H and O–H groups in total. The number of hydrogen-bond donors (Lipinski definition) is 0. The maximum absolute atomic E-state index is 14.7. The summed E-state index contributed by atoms with van der Waals surface area (Å²) < 4.78 is 21.3. The summed E-state index contributed by atoms with van der Waals surface area (Å²) in [6, 6.07) is 3.48. The fraction of sp³-hybridized carbons (Fsp3) is 0.333. The largest absolute Gasteiger partial charge is 0.478 e. The molecule has 5 nitrogen and oxygen atoms in total. The SMILES string of the molecule is CCc1c(F)c(-c2cc(/C=C(Cl)\C(=N/OC)OC)c(Cl)cc2C)nn1C. The zero-order valence-electron chi connectivity index (χ0n) is 15.2. The molecule has 0 saturated heterocycles. The first-order chi connectivity index (χ1) is 12.3. The highest BCUT2D eigenvalue weighted by Gasteiger charge is 2.19. The van der Waals surface area contributed by atoms with Crippen LogP contribution in [0.4, 0.5) is 4.39 Å². The molecule has 0 fully saturated rings. The van der Waals surface area contributed by atoms with Gasteiger partial charge >= 0.3 is 0 Å². The average molecular weight is 400 g/mol. The van der Waals surface area contributed by atoms with Crippen LogP contribution < -0.4 is 0 Å². The maximum Gasteiger partial charge on any atom is 0.268 e. The second kappa shape index (κ2) is 8.56. The second-order valence-corrected chi connectivity index (χ2v) is 6.36. The number of ether oxygens (including phenoxy) is 1. The molecule has 0 radical (unpaired) electrons. The van der Waals surface area contributed by atoms with Gasteiger partial charge in [0.1, 0.15) is 17.8 Å². The van der Waals surface area contributed by atoms with Crippen molar-refractivity contribution in [1.82, 2.24) is 9.78 Å². The lowest BCUT2D eigenvalue weighted by atomic mass is 10.0. The number of benzene rings is 1. The normalized spacial score (nSPS) is 12.5. The van der Waals surface area contributed by atoms with Crippen LogP contribution in [0.25, 0.3) is 17.3 Å². The Morgan fingerprint density at radius 3 is 2.62 bits per heavy atom. The smallest absolute Gasteiger partial charge is 0.268 e. The van der Waals surface area contributed by atoms with Crippen molar-refractivity contribution < 1.29 is 14.0 Å². The fourth-order valence-electron chi connectivity index (χ4n) is 2.60. The molecule has 1 aromatic carbocycles. The first kappa shape index (κ1) is 20.3. The first-order valence-corrected chi connectivity index (χ1v) is 8.64. The number of rotatable bonds is 5. The molecule has 0 saturated carbocycles. The fourth-order valence-corrected chi connectivity index (χ4v) is 3.11. The van der Waals surface area contributed by atoms with E-state index in [2.05, 4.69) is 15.1 Å². The molecule has 0 bridgehead atoms. The Morgan fingerprint density at radius 2 is 2.08 bits per heavy atom. The van der Waals surface area contributed by atoms with Crippen LogP contribution in [0.3, 0.4) is 0 Å². The highest BCUT2D eigenvalue weighted by molar-refractivity contribution is 6.44. The van der Waals surface area contributed by atoms with E-state index in [1.165, 1.54) is 14.2 Å². The molecule has 0 aliphatic carbocycles. The van der Waals surface area contributed by atoms with Gasteiger partial charge in [-0.25, -0.2) is 4.39 Å². The molecule has 140 valence electrons. The van der Waals surface area contributed by atoms with Gasteiger partial charge in [-0.2, -0.15) is 5.10 Å². The minimum atomic E-state index is -0.333. The van der Waals surface area contributed by atoms with Crippen LogP contribution in [-0.2, 0) is 23.0 Å². The summed E-state index contributed by atoms with van der Waals surface area (Å²) in [5.74, 6) is -0.232. The Kier molecular flexibility index (Phi) is 6.67. The molecule has 8 heteroatoms. The van der Waals surface area contributed by atoms with Gasteiger partial charge in [-0.15, -0.1) is 0 Å². The number of nitrogens with zero attached hydrogens (tertiary/aromatic N) is 3. The summed E-state index contributed by atoms with van der Waals surface area (Å²) >= 11 is 12.6. The van der Waals surface area contributed by atoms with Gasteiger partial charge in [-0.3, -0.25) is 4.68 Å². The molecule has 0 unspecified atom stereocenters. The molecule has 2 rings (SSSR count). The van der Waals surface area contributed by atoms with E-state index in [-0.39, 0.29) is 22.4 Å². The van der Waals surface area contributed by atoms with E-state index in [9.17, 15) is 4.39 Å². The van der Waals surface area contributed by atoms with E-state index in [1.54, 1.807) is 29.9 Å². The van der Waals surface area contributed by atoms with Crippen LogP contribution in [-0.4, -0.2) is 29.9 Å². The minimum Gasteiger partial charge on any atom is -0.478 e. The summed E-state index contributed by atoms with van der Waals surface area (Å²) in [7, 11) is 4.53. The third-order valence-corrected chi connectivity index (χ3v) is 4.49. The van der Waals surface area contributed by atoms with E-state index in [4.69, 9.17) is 27.9 Å². The topological polar surface area (TPSA) is 48.6 Å². The number of methoxy groups -OCH3 is 1. The van der Waals surface area contributed by atoms with Crippen LogP contribution in [0, 0.1) is 12.7 Å². The third-order valence-electron chi connectivity index (χ3n) is 3.89. The monoisotopic (exact) mass is 399 g/mol. The maximum atomic E-state index is 14.7. The Hall–Kier alpha value is -2.05. The Labute approximate surface area is 162 Å². The number of aryl methyl sites for hydroxylation is 2. The third kappa shape index (κ3) is 4.02. The summed E-state index contributed by atoms with van der Waals surface area (Å²) in [6.45, 7) is 3.73. The summed E-state index contributed by atoms with van der Waals surface area (Å²) in [5, 5.41) is 8.66. The van der Waals surface area contributed by atoms with Gasteiger partial charge in [-0.05, 0) is 47.8 Å². The molecular weight excluding hydrogens is 380 g/mol. The van der Waals surface area contributed by atoms with Crippen molar-refractivity contribution in [1.29, 1.82) is 0 Å². The van der Waals surface area contributed by atoms with Gasteiger partial charge < -0.3 is 9.57 Å². The highest BCUT2D eigenvalue weighted by Crippen LogP contribution is 2.32. The van der Waals surface area contributed by atoms with E-state index < -0.39 is 0 Å².